The van der Waals surface area contributed by atoms with Gasteiger partial charge in [-0.15, -0.1) is 0 Å². The first-order valence-corrected chi connectivity index (χ1v) is 8.83. The smallest absolute Gasteiger partial charge is 0.285 e. The van der Waals surface area contributed by atoms with Crippen molar-refractivity contribution >= 4 is 32.9 Å². The van der Waals surface area contributed by atoms with Crippen molar-refractivity contribution in [1.29, 1.82) is 0 Å². The topological polar surface area (TPSA) is 23.6 Å². The van der Waals surface area contributed by atoms with Crippen LogP contribution in [0.1, 0.15) is 24.5 Å². The number of carbonyl (C=O) groups is 1. The number of hydrogen-bond acceptors (Lipinski definition) is 3. The maximum absolute atomic E-state index is 11.9. The van der Waals surface area contributed by atoms with E-state index < -0.39 is 0 Å². The predicted molar refractivity (Wildman–Crippen MR) is 95.3 cm³/mol. The number of hydrogen-bond donors (Lipinski definition) is 0. The molecule has 1 aromatic carbocycles. The van der Waals surface area contributed by atoms with Crippen molar-refractivity contribution in [2.75, 3.05) is 34.2 Å². The SMILES string of the molecule is CCCN(C)CCc1ccc(Br)c(SC(=O)N(C)C)c1C. The predicted octanol–water partition coefficient (Wildman–Crippen LogP) is 4.42. The summed E-state index contributed by atoms with van der Waals surface area (Å²) in [6, 6.07) is 4.21. The van der Waals surface area contributed by atoms with E-state index in [1.165, 1.54) is 29.3 Å². The molecule has 0 fully saturated rings. The number of amides is 1. The van der Waals surface area contributed by atoms with Crippen molar-refractivity contribution in [3.63, 3.8) is 0 Å². The molecule has 0 unspecified atom stereocenters. The van der Waals surface area contributed by atoms with E-state index >= 15 is 0 Å². The second kappa shape index (κ2) is 8.81. The minimum atomic E-state index is 0.0547. The summed E-state index contributed by atoms with van der Waals surface area (Å²) in [4.78, 5) is 16.9. The van der Waals surface area contributed by atoms with Crippen molar-refractivity contribution in [3.8, 4) is 0 Å². The van der Waals surface area contributed by atoms with Gasteiger partial charge in [0.1, 0.15) is 0 Å². The van der Waals surface area contributed by atoms with Gasteiger partial charge in [0.05, 0.1) is 0 Å². The van der Waals surface area contributed by atoms with Crippen LogP contribution in [0.15, 0.2) is 21.5 Å². The summed E-state index contributed by atoms with van der Waals surface area (Å²) in [7, 11) is 5.72. The summed E-state index contributed by atoms with van der Waals surface area (Å²) in [5, 5.41) is 0.0547. The molecule has 0 saturated carbocycles. The zero-order chi connectivity index (χ0) is 16.0. The van der Waals surface area contributed by atoms with Crippen LogP contribution in [0.3, 0.4) is 0 Å². The lowest BCUT2D eigenvalue weighted by Crippen LogP contribution is -2.22. The number of rotatable bonds is 6. The van der Waals surface area contributed by atoms with Crippen LogP contribution in [0.5, 0.6) is 0 Å². The summed E-state index contributed by atoms with van der Waals surface area (Å²) in [5.74, 6) is 0. The Morgan fingerprint density at radius 1 is 1.24 bits per heavy atom. The highest BCUT2D eigenvalue weighted by atomic mass is 79.9. The quantitative estimate of drug-likeness (QED) is 0.690. The molecule has 0 aliphatic heterocycles. The van der Waals surface area contributed by atoms with Crippen molar-refractivity contribution in [2.45, 2.75) is 31.6 Å². The first-order valence-electron chi connectivity index (χ1n) is 7.22. The lowest BCUT2D eigenvalue weighted by atomic mass is 10.1. The first-order chi connectivity index (χ1) is 9.86. The molecule has 1 rings (SSSR count). The average Bonchev–Trinajstić information content (AvgIpc) is 2.42. The van der Waals surface area contributed by atoms with E-state index in [4.69, 9.17) is 0 Å². The Balaban J connectivity index is 2.86. The molecular weight excluding hydrogens is 348 g/mol. The van der Waals surface area contributed by atoms with E-state index in [1.807, 2.05) is 6.07 Å². The number of benzene rings is 1. The van der Waals surface area contributed by atoms with E-state index in [-0.39, 0.29) is 5.24 Å². The molecule has 0 atom stereocenters. The number of thioether (sulfide) groups is 1. The van der Waals surface area contributed by atoms with Crippen LogP contribution < -0.4 is 0 Å². The Bertz CT molecular complexity index is 491. The van der Waals surface area contributed by atoms with Gasteiger partial charge in [0.25, 0.3) is 5.24 Å². The minimum Gasteiger partial charge on any atom is -0.339 e. The molecule has 0 aliphatic carbocycles. The summed E-state index contributed by atoms with van der Waals surface area (Å²) in [6.45, 7) is 6.46. The Kier molecular flexibility index (Phi) is 7.77. The standard InChI is InChI=1S/C16H25BrN2OS/c1-6-10-19(5)11-9-13-7-8-14(17)15(12(13)2)21-16(20)18(3)4/h7-8H,6,9-11H2,1-5H3. The molecule has 0 heterocycles. The fourth-order valence-corrected chi connectivity index (χ4v) is 3.56. The molecule has 1 aromatic rings. The van der Waals surface area contributed by atoms with Crippen LogP contribution in [-0.4, -0.2) is 49.3 Å². The van der Waals surface area contributed by atoms with Crippen LogP contribution in [0, 0.1) is 6.92 Å². The van der Waals surface area contributed by atoms with Gasteiger partial charge in [-0.1, -0.05) is 13.0 Å². The molecule has 21 heavy (non-hydrogen) atoms. The maximum Gasteiger partial charge on any atom is 0.285 e. The molecule has 0 spiro atoms. The Morgan fingerprint density at radius 3 is 2.48 bits per heavy atom. The molecule has 0 radical (unpaired) electrons. The van der Waals surface area contributed by atoms with Gasteiger partial charge in [-0.05, 0) is 78.2 Å². The second-order valence-corrected chi connectivity index (χ2v) is 7.29. The monoisotopic (exact) mass is 372 g/mol. The molecule has 1 amide bonds. The van der Waals surface area contributed by atoms with Gasteiger partial charge in [-0.25, -0.2) is 0 Å². The number of carbonyl (C=O) groups excluding carboxylic acids is 1. The molecular formula is C16H25BrN2OS. The Labute approximate surface area is 141 Å². The molecule has 0 bridgehead atoms. The van der Waals surface area contributed by atoms with Crippen LogP contribution in [0.4, 0.5) is 4.79 Å². The maximum atomic E-state index is 11.9. The highest BCUT2D eigenvalue weighted by molar-refractivity contribution is 9.10. The molecule has 0 aromatic heterocycles. The first kappa shape index (κ1) is 18.5. The van der Waals surface area contributed by atoms with Crippen molar-refractivity contribution < 1.29 is 4.79 Å². The fraction of sp³-hybridized carbons (Fsp3) is 0.562. The van der Waals surface area contributed by atoms with E-state index in [0.717, 1.165) is 28.9 Å². The molecule has 118 valence electrons. The molecule has 3 nitrogen and oxygen atoms in total. The summed E-state index contributed by atoms with van der Waals surface area (Å²) >= 11 is 4.85. The zero-order valence-corrected chi connectivity index (χ0v) is 16.0. The molecule has 0 aliphatic rings. The van der Waals surface area contributed by atoms with E-state index in [0.29, 0.717) is 0 Å². The number of likely N-dealkylation sites (N-methyl/N-ethyl adjacent to an activating group) is 1. The highest BCUT2D eigenvalue weighted by Crippen LogP contribution is 2.34. The lowest BCUT2D eigenvalue weighted by molar-refractivity contribution is 0.241. The third kappa shape index (κ3) is 5.64. The molecule has 0 N–H and O–H groups in total. The second-order valence-electron chi connectivity index (χ2n) is 5.48. The van der Waals surface area contributed by atoms with Crippen LogP contribution in [-0.2, 0) is 6.42 Å². The van der Waals surface area contributed by atoms with Gasteiger partial charge in [-0.2, -0.15) is 0 Å². The van der Waals surface area contributed by atoms with Crippen molar-refractivity contribution in [2.24, 2.45) is 0 Å². The number of halogens is 1. The third-order valence-electron chi connectivity index (χ3n) is 3.39. The van der Waals surface area contributed by atoms with Crippen LogP contribution in [0.2, 0.25) is 0 Å². The summed E-state index contributed by atoms with van der Waals surface area (Å²) < 4.78 is 0.992. The summed E-state index contributed by atoms with van der Waals surface area (Å²) in [5.41, 5.74) is 2.52. The zero-order valence-electron chi connectivity index (χ0n) is 13.6. The Morgan fingerprint density at radius 2 is 1.90 bits per heavy atom. The van der Waals surface area contributed by atoms with Crippen molar-refractivity contribution in [1.82, 2.24) is 9.80 Å². The van der Waals surface area contributed by atoms with Gasteiger partial charge in [0.2, 0.25) is 0 Å². The number of nitrogens with zero attached hydrogens (tertiary/aromatic N) is 2. The van der Waals surface area contributed by atoms with Crippen LogP contribution in [0.25, 0.3) is 0 Å². The van der Waals surface area contributed by atoms with E-state index in [9.17, 15) is 4.79 Å². The van der Waals surface area contributed by atoms with Gasteiger partial charge >= 0.3 is 0 Å². The van der Waals surface area contributed by atoms with Crippen molar-refractivity contribution in [3.05, 3.63) is 27.7 Å². The van der Waals surface area contributed by atoms with Gasteiger partial charge in [0, 0.05) is 30.0 Å². The third-order valence-corrected chi connectivity index (χ3v) is 5.59. The normalized spacial score (nSPS) is 11.0. The Hall–Kier alpha value is -0.520. The highest BCUT2D eigenvalue weighted by Gasteiger charge is 2.14. The van der Waals surface area contributed by atoms with Gasteiger partial charge in [0.15, 0.2) is 0 Å². The van der Waals surface area contributed by atoms with Gasteiger partial charge < -0.3 is 9.80 Å². The average molecular weight is 373 g/mol. The molecule has 0 saturated heterocycles. The van der Waals surface area contributed by atoms with Gasteiger partial charge in [-0.3, -0.25) is 4.79 Å². The van der Waals surface area contributed by atoms with E-state index in [2.05, 4.69) is 47.8 Å². The largest absolute Gasteiger partial charge is 0.339 e. The lowest BCUT2D eigenvalue weighted by Gasteiger charge is -2.18. The van der Waals surface area contributed by atoms with Crippen LogP contribution >= 0.6 is 27.7 Å². The summed E-state index contributed by atoms with van der Waals surface area (Å²) in [6.07, 6.45) is 2.19. The minimum absolute atomic E-state index is 0.0547. The molecule has 5 heteroatoms. The fourth-order valence-electron chi connectivity index (χ4n) is 2.08. The van der Waals surface area contributed by atoms with E-state index in [1.54, 1.807) is 19.0 Å².